The van der Waals surface area contributed by atoms with Crippen molar-refractivity contribution in [1.29, 1.82) is 5.26 Å². The second kappa shape index (κ2) is 6.81. The molecule has 0 radical (unpaired) electrons. The van der Waals surface area contributed by atoms with Gasteiger partial charge in [0.2, 0.25) is 0 Å². The van der Waals surface area contributed by atoms with E-state index in [1.807, 2.05) is 53.2 Å². The number of ether oxygens (including phenoxy) is 1. The van der Waals surface area contributed by atoms with E-state index in [1.54, 1.807) is 0 Å². The highest BCUT2D eigenvalue weighted by Crippen LogP contribution is 2.28. The third-order valence-corrected chi connectivity index (χ3v) is 4.36. The Labute approximate surface area is 146 Å². The molecule has 1 aliphatic heterocycles. The minimum absolute atomic E-state index is 0.0588. The van der Waals surface area contributed by atoms with Crippen LogP contribution < -0.4 is 0 Å². The van der Waals surface area contributed by atoms with Crippen LogP contribution in [0.3, 0.4) is 0 Å². The maximum atomic E-state index is 9.21. The molecule has 4 nitrogen and oxygen atoms in total. The second-order valence-electron chi connectivity index (χ2n) is 6.07. The molecule has 0 amide bonds. The number of hydrogen-bond donors (Lipinski definition) is 0. The Morgan fingerprint density at radius 3 is 2.68 bits per heavy atom. The molecule has 25 heavy (non-hydrogen) atoms. The van der Waals surface area contributed by atoms with Gasteiger partial charge in [-0.05, 0) is 55.5 Å². The van der Waals surface area contributed by atoms with E-state index in [0.717, 1.165) is 42.3 Å². The quantitative estimate of drug-likeness (QED) is 0.635. The van der Waals surface area contributed by atoms with E-state index < -0.39 is 0 Å². The Morgan fingerprint density at radius 1 is 1.04 bits per heavy atom. The largest absolute Gasteiger partial charge is 0.356 e. The van der Waals surface area contributed by atoms with Crippen molar-refractivity contribution in [2.45, 2.75) is 25.5 Å². The fraction of sp³-hybridized carbons (Fsp3) is 0.238. The number of rotatable bonds is 1. The standard InChI is InChI=1S/C21H17N3O/c22-15-17-10-12-20-18(14-17)19(11-9-16-6-2-1-3-7-16)23-24(20)21-8-4-5-13-25-21/h1-3,6-7,10,12,14,21H,4-5,8,13H2. The molecule has 0 N–H and O–H groups in total. The van der Waals surface area contributed by atoms with Crippen molar-refractivity contribution < 1.29 is 4.74 Å². The molecule has 1 aliphatic rings. The number of nitrogens with zero attached hydrogens (tertiary/aromatic N) is 3. The summed E-state index contributed by atoms with van der Waals surface area (Å²) in [5.41, 5.74) is 3.20. The highest BCUT2D eigenvalue weighted by Gasteiger charge is 2.20. The molecule has 3 aromatic rings. The van der Waals surface area contributed by atoms with Gasteiger partial charge in [-0.15, -0.1) is 0 Å². The van der Waals surface area contributed by atoms with Crippen LogP contribution in [-0.4, -0.2) is 16.4 Å². The summed E-state index contributed by atoms with van der Waals surface area (Å²) in [5, 5.41) is 14.8. The zero-order valence-corrected chi connectivity index (χ0v) is 13.8. The predicted molar refractivity (Wildman–Crippen MR) is 95.7 cm³/mol. The first-order valence-electron chi connectivity index (χ1n) is 8.46. The fourth-order valence-electron chi connectivity index (χ4n) is 3.09. The zero-order chi connectivity index (χ0) is 17.1. The lowest BCUT2D eigenvalue weighted by atomic mass is 10.1. The van der Waals surface area contributed by atoms with Crippen LogP contribution in [0.2, 0.25) is 0 Å². The topological polar surface area (TPSA) is 50.8 Å². The number of nitriles is 1. The molecule has 0 spiro atoms. The summed E-state index contributed by atoms with van der Waals surface area (Å²) >= 11 is 0. The van der Waals surface area contributed by atoms with Gasteiger partial charge in [0.05, 0.1) is 17.1 Å². The second-order valence-corrected chi connectivity index (χ2v) is 6.07. The summed E-state index contributed by atoms with van der Waals surface area (Å²) in [7, 11) is 0. The SMILES string of the molecule is N#Cc1ccc2c(c1)c(C#Cc1ccccc1)nn2C1CCCCO1. The summed E-state index contributed by atoms with van der Waals surface area (Å²) in [4.78, 5) is 0. The molecule has 0 aliphatic carbocycles. The van der Waals surface area contributed by atoms with Gasteiger partial charge in [0.15, 0.2) is 6.23 Å². The first-order chi connectivity index (χ1) is 12.3. The molecule has 0 saturated carbocycles. The molecule has 4 heteroatoms. The Hall–Kier alpha value is -3.08. The Bertz CT molecular complexity index is 997. The van der Waals surface area contributed by atoms with Crippen LogP contribution in [0.4, 0.5) is 0 Å². The fourth-order valence-corrected chi connectivity index (χ4v) is 3.09. The summed E-state index contributed by atoms with van der Waals surface area (Å²) in [6, 6.07) is 17.6. The molecular formula is C21H17N3O. The van der Waals surface area contributed by atoms with Gasteiger partial charge in [-0.25, -0.2) is 4.68 Å². The summed E-state index contributed by atoms with van der Waals surface area (Å²) in [6.07, 6.45) is 3.11. The van der Waals surface area contributed by atoms with E-state index in [2.05, 4.69) is 17.9 Å². The minimum Gasteiger partial charge on any atom is -0.356 e. The Morgan fingerprint density at radius 2 is 1.92 bits per heavy atom. The highest BCUT2D eigenvalue weighted by atomic mass is 16.5. The van der Waals surface area contributed by atoms with E-state index in [-0.39, 0.29) is 6.23 Å². The van der Waals surface area contributed by atoms with Gasteiger partial charge in [-0.1, -0.05) is 24.1 Å². The minimum atomic E-state index is -0.0588. The van der Waals surface area contributed by atoms with E-state index in [1.165, 1.54) is 0 Å². The maximum Gasteiger partial charge on any atom is 0.150 e. The third kappa shape index (κ3) is 3.13. The average molecular weight is 327 g/mol. The molecule has 122 valence electrons. The van der Waals surface area contributed by atoms with E-state index >= 15 is 0 Å². The highest BCUT2D eigenvalue weighted by molar-refractivity contribution is 5.86. The predicted octanol–water partition coefficient (Wildman–Crippen LogP) is 4.01. The molecule has 0 bridgehead atoms. The summed E-state index contributed by atoms with van der Waals surface area (Å²) in [6.45, 7) is 0.757. The average Bonchev–Trinajstić information content (AvgIpc) is 3.05. The van der Waals surface area contributed by atoms with E-state index in [4.69, 9.17) is 9.84 Å². The zero-order valence-electron chi connectivity index (χ0n) is 13.8. The lowest BCUT2D eigenvalue weighted by molar-refractivity contribution is -0.0367. The van der Waals surface area contributed by atoms with Crippen molar-refractivity contribution in [3.8, 4) is 17.9 Å². The van der Waals surface area contributed by atoms with Gasteiger partial charge in [0.25, 0.3) is 0 Å². The van der Waals surface area contributed by atoms with Crippen LogP contribution in [0, 0.1) is 23.2 Å². The first kappa shape index (κ1) is 15.4. The molecule has 2 aromatic carbocycles. The molecule has 1 atom stereocenters. The van der Waals surface area contributed by atoms with E-state index in [0.29, 0.717) is 11.3 Å². The monoisotopic (exact) mass is 327 g/mol. The number of hydrogen-bond acceptors (Lipinski definition) is 3. The van der Waals surface area contributed by atoms with Gasteiger partial charge in [-0.2, -0.15) is 10.4 Å². The van der Waals surface area contributed by atoms with Gasteiger partial charge in [0, 0.05) is 17.6 Å². The van der Waals surface area contributed by atoms with Crippen LogP contribution in [0.15, 0.2) is 48.5 Å². The normalized spacial score (nSPS) is 16.8. The van der Waals surface area contributed by atoms with Crippen LogP contribution in [0.25, 0.3) is 10.9 Å². The molecule has 2 heterocycles. The lowest BCUT2D eigenvalue weighted by Gasteiger charge is -2.23. The first-order valence-corrected chi connectivity index (χ1v) is 8.46. The van der Waals surface area contributed by atoms with Crippen molar-refractivity contribution in [3.63, 3.8) is 0 Å². The van der Waals surface area contributed by atoms with Crippen molar-refractivity contribution in [1.82, 2.24) is 9.78 Å². The Kier molecular flexibility index (Phi) is 4.21. The van der Waals surface area contributed by atoms with Crippen LogP contribution >= 0.6 is 0 Å². The van der Waals surface area contributed by atoms with E-state index in [9.17, 15) is 5.26 Å². The van der Waals surface area contributed by atoms with Crippen molar-refractivity contribution >= 4 is 10.9 Å². The number of benzene rings is 2. The van der Waals surface area contributed by atoms with Crippen molar-refractivity contribution in [2.24, 2.45) is 0 Å². The molecule has 1 unspecified atom stereocenters. The van der Waals surface area contributed by atoms with Gasteiger partial charge < -0.3 is 4.74 Å². The van der Waals surface area contributed by atoms with Crippen LogP contribution in [0.1, 0.15) is 42.3 Å². The van der Waals surface area contributed by atoms with Gasteiger partial charge in [-0.3, -0.25) is 0 Å². The van der Waals surface area contributed by atoms with Crippen molar-refractivity contribution in [2.75, 3.05) is 6.61 Å². The smallest absolute Gasteiger partial charge is 0.150 e. The number of aromatic nitrogens is 2. The molecule has 1 fully saturated rings. The molecule has 1 aromatic heterocycles. The molecule has 1 saturated heterocycles. The van der Waals surface area contributed by atoms with Crippen LogP contribution in [-0.2, 0) is 4.74 Å². The van der Waals surface area contributed by atoms with Gasteiger partial charge >= 0.3 is 0 Å². The summed E-state index contributed by atoms with van der Waals surface area (Å²) in [5.74, 6) is 6.33. The van der Waals surface area contributed by atoms with Crippen molar-refractivity contribution in [3.05, 3.63) is 65.4 Å². The van der Waals surface area contributed by atoms with Gasteiger partial charge in [0.1, 0.15) is 5.69 Å². The molecular weight excluding hydrogens is 310 g/mol. The summed E-state index contributed by atoms with van der Waals surface area (Å²) < 4.78 is 7.81. The van der Waals surface area contributed by atoms with Crippen LogP contribution in [0.5, 0.6) is 0 Å². The maximum absolute atomic E-state index is 9.21. The Balaban J connectivity index is 1.82. The third-order valence-electron chi connectivity index (χ3n) is 4.36. The molecule has 4 rings (SSSR count). The lowest BCUT2D eigenvalue weighted by Crippen LogP contribution is -2.19. The number of fused-ring (bicyclic) bond motifs is 1.